The second kappa shape index (κ2) is 11.0. The molecule has 0 aliphatic carbocycles. The summed E-state index contributed by atoms with van der Waals surface area (Å²) in [7, 11) is 1.80. The summed E-state index contributed by atoms with van der Waals surface area (Å²) in [6, 6.07) is 0.513. The minimum atomic E-state index is 0.513. The van der Waals surface area contributed by atoms with Gasteiger partial charge in [-0.15, -0.1) is 0 Å². The first-order valence-electron chi connectivity index (χ1n) is 7.09. The van der Waals surface area contributed by atoms with Crippen molar-refractivity contribution in [2.24, 2.45) is 5.92 Å². The predicted molar refractivity (Wildman–Crippen MR) is 75.5 cm³/mol. The third-order valence-corrected chi connectivity index (χ3v) is 2.83. The standard InChI is InChI=1S/C14H32N2O/c1-6-8-16(9-7-2)14(12-17-5)11-15-10-13(3)4/h13-15H,6-12H2,1-5H3. The summed E-state index contributed by atoms with van der Waals surface area (Å²) >= 11 is 0. The van der Waals surface area contributed by atoms with Gasteiger partial charge in [0.25, 0.3) is 0 Å². The van der Waals surface area contributed by atoms with Crippen LogP contribution >= 0.6 is 0 Å². The SMILES string of the molecule is CCCN(CCC)C(CNCC(C)C)COC. The van der Waals surface area contributed by atoms with Crippen molar-refractivity contribution in [3.63, 3.8) is 0 Å². The zero-order valence-electron chi connectivity index (χ0n) is 12.5. The Bertz CT molecular complexity index is 156. The first kappa shape index (κ1) is 16.9. The Morgan fingerprint density at radius 2 is 1.65 bits per heavy atom. The Hall–Kier alpha value is -0.120. The molecule has 3 nitrogen and oxygen atoms in total. The van der Waals surface area contributed by atoms with E-state index in [0.717, 1.165) is 19.7 Å². The van der Waals surface area contributed by atoms with Crippen molar-refractivity contribution in [3.8, 4) is 0 Å². The molecule has 3 heteroatoms. The summed E-state index contributed by atoms with van der Waals surface area (Å²) in [4.78, 5) is 2.55. The van der Waals surface area contributed by atoms with Crippen molar-refractivity contribution in [1.82, 2.24) is 10.2 Å². The molecular weight excluding hydrogens is 212 g/mol. The Morgan fingerprint density at radius 1 is 1.06 bits per heavy atom. The molecule has 1 atom stereocenters. The van der Waals surface area contributed by atoms with E-state index in [9.17, 15) is 0 Å². The molecule has 0 amide bonds. The van der Waals surface area contributed by atoms with Crippen LogP contribution in [-0.4, -0.2) is 50.8 Å². The molecule has 0 fully saturated rings. The minimum absolute atomic E-state index is 0.513. The van der Waals surface area contributed by atoms with E-state index < -0.39 is 0 Å². The second-order valence-corrected chi connectivity index (χ2v) is 5.20. The monoisotopic (exact) mass is 244 g/mol. The average molecular weight is 244 g/mol. The largest absolute Gasteiger partial charge is 0.383 e. The van der Waals surface area contributed by atoms with Crippen LogP contribution in [0, 0.1) is 5.92 Å². The molecule has 0 aliphatic rings. The Balaban J connectivity index is 4.13. The number of ether oxygens (including phenoxy) is 1. The summed E-state index contributed by atoms with van der Waals surface area (Å²) in [6.45, 7) is 14.3. The fraction of sp³-hybridized carbons (Fsp3) is 1.00. The molecule has 1 N–H and O–H groups in total. The van der Waals surface area contributed by atoms with E-state index in [4.69, 9.17) is 4.74 Å². The highest BCUT2D eigenvalue weighted by Crippen LogP contribution is 2.03. The summed E-state index contributed by atoms with van der Waals surface area (Å²) in [5.41, 5.74) is 0. The third kappa shape index (κ3) is 8.58. The molecule has 17 heavy (non-hydrogen) atoms. The van der Waals surface area contributed by atoms with Gasteiger partial charge in [-0.1, -0.05) is 27.7 Å². The predicted octanol–water partition coefficient (Wildman–Crippen LogP) is 2.37. The van der Waals surface area contributed by atoms with Gasteiger partial charge in [-0.05, 0) is 38.4 Å². The van der Waals surface area contributed by atoms with E-state index in [2.05, 4.69) is 37.9 Å². The van der Waals surface area contributed by atoms with E-state index in [0.29, 0.717) is 12.0 Å². The zero-order chi connectivity index (χ0) is 13.1. The number of nitrogens with zero attached hydrogens (tertiary/aromatic N) is 1. The van der Waals surface area contributed by atoms with E-state index in [1.165, 1.54) is 25.9 Å². The quantitative estimate of drug-likeness (QED) is 0.604. The van der Waals surface area contributed by atoms with E-state index in [1.807, 2.05) is 0 Å². The maximum absolute atomic E-state index is 5.35. The number of hydrogen-bond acceptors (Lipinski definition) is 3. The lowest BCUT2D eigenvalue weighted by Gasteiger charge is -2.31. The van der Waals surface area contributed by atoms with Crippen molar-refractivity contribution < 1.29 is 4.74 Å². The van der Waals surface area contributed by atoms with Crippen LogP contribution in [0.4, 0.5) is 0 Å². The first-order valence-corrected chi connectivity index (χ1v) is 7.09. The van der Waals surface area contributed by atoms with Gasteiger partial charge in [-0.2, -0.15) is 0 Å². The van der Waals surface area contributed by atoms with Crippen LogP contribution in [0.1, 0.15) is 40.5 Å². The van der Waals surface area contributed by atoms with Crippen LogP contribution in [-0.2, 0) is 4.74 Å². The maximum atomic E-state index is 5.35. The lowest BCUT2D eigenvalue weighted by Crippen LogP contribution is -2.46. The second-order valence-electron chi connectivity index (χ2n) is 5.20. The molecule has 0 saturated heterocycles. The Morgan fingerprint density at radius 3 is 2.06 bits per heavy atom. The van der Waals surface area contributed by atoms with Gasteiger partial charge in [-0.3, -0.25) is 4.90 Å². The molecule has 0 aromatic heterocycles. The fourth-order valence-electron chi connectivity index (χ4n) is 2.08. The highest BCUT2D eigenvalue weighted by Gasteiger charge is 2.16. The molecule has 0 radical (unpaired) electrons. The van der Waals surface area contributed by atoms with Crippen LogP contribution in [0.25, 0.3) is 0 Å². The van der Waals surface area contributed by atoms with Crippen LogP contribution < -0.4 is 5.32 Å². The van der Waals surface area contributed by atoms with Crippen molar-refractivity contribution >= 4 is 0 Å². The minimum Gasteiger partial charge on any atom is -0.383 e. The van der Waals surface area contributed by atoms with Crippen molar-refractivity contribution in [2.75, 3.05) is 39.9 Å². The van der Waals surface area contributed by atoms with Gasteiger partial charge in [-0.25, -0.2) is 0 Å². The van der Waals surface area contributed by atoms with E-state index in [1.54, 1.807) is 7.11 Å². The number of rotatable bonds is 11. The molecule has 104 valence electrons. The Kier molecular flexibility index (Phi) is 10.9. The third-order valence-electron chi connectivity index (χ3n) is 2.83. The van der Waals surface area contributed by atoms with Gasteiger partial charge in [0.2, 0.25) is 0 Å². The normalized spacial score (nSPS) is 13.6. The Labute approximate surface area is 108 Å². The molecule has 0 aliphatic heterocycles. The van der Waals surface area contributed by atoms with Gasteiger partial charge < -0.3 is 10.1 Å². The summed E-state index contributed by atoms with van der Waals surface area (Å²) in [6.07, 6.45) is 2.43. The molecule has 0 aromatic rings. The van der Waals surface area contributed by atoms with E-state index in [-0.39, 0.29) is 0 Å². The number of hydrogen-bond donors (Lipinski definition) is 1. The summed E-state index contributed by atoms with van der Waals surface area (Å²) < 4.78 is 5.35. The molecule has 0 aromatic carbocycles. The van der Waals surface area contributed by atoms with Crippen LogP contribution in [0.5, 0.6) is 0 Å². The van der Waals surface area contributed by atoms with Gasteiger partial charge in [0, 0.05) is 19.7 Å². The number of methoxy groups -OCH3 is 1. The van der Waals surface area contributed by atoms with Gasteiger partial charge in [0.15, 0.2) is 0 Å². The molecule has 0 saturated carbocycles. The fourth-order valence-corrected chi connectivity index (χ4v) is 2.08. The van der Waals surface area contributed by atoms with Gasteiger partial charge in [0.1, 0.15) is 0 Å². The van der Waals surface area contributed by atoms with Crippen molar-refractivity contribution in [2.45, 2.75) is 46.6 Å². The van der Waals surface area contributed by atoms with Crippen LogP contribution in [0.3, 0.4) is 0 Å². The smallest absolute Gasteiger partial charge is 0.0630 e. The van der Waals surface area contributed by atoms with E-state index >= 15 is 0 Å². The topological polar surface area (TPSA) is 24.5 Å². The zero-order valence-corrected chi connectivity index (χ0v) is 12.5. The summed E-state index contributed by atoms with van der Waals surface area (Å²) in [5.74, 6) is 0.712. The highest BCUT2D eigenvalue weighted by atomic mass is 16.5. The lowest BCUT2D eigenvalue weighted by atomic mass is 10.2. The average Bonchev–Trinajstić information content (AvgIpc) is 2.27. The molecule has 0 spiro atoms. The number of nitrogens with one attached hydrogen (secondary N) is 1. The molecule has 0 heterocycles. The molecule has 1 unspecified atom stereocenters. The van der Waals surface area contributed by atoms with Crippen molar-refractivity contribution in [1.29, 1.82) is 0 Å². The maximum Gasteiger partial charge on any atom is 0.0630 e. The van der Waals surface area contributed by atoms with Gasteiger partial charge >= 0.3 is 0 Å². The molecule has 0 bridgehead atoms. The lowest BCUT2D eigenvalue weighted by molar-refractivity contribution is 0.0884. The molecule has 0 rings (SSSR count). The highest BCUT2D eigenvalue weighted by molar-refractivity contribution is 4.74. The van der Waals surface area contributed by atoms with Gasteiger partial charge in [0.05, 0.1) is 6.61 Å². The van der Waals surface area contributed by atoms with Crippen LogP contribution in [0.15, 0.2) is 0 Å². The molecular formula is C14H32N2O. The van der Waals surface area contributed by atoms with Crippen molar-refractivity contribution in [3.05, 3.63) is 0 Å². The van der Waals surface area contributed by atoms with Crippen LogP contribution in [0.2, 0.25) is 0 Å². The first-order chi connectivity index (χ1) is 8.15. The summed E-state index contributed by atoms with van der Waals surface area (Å²) in [5, 5.41) is 3.55.